The van der Waals surface area contributed by atoms with Crippen LogP contribution in [0.5, 0.6) is 0 Å². The summed E-state index contributed by atoms with van der Waals surface area (Å²) < 4.78 is 0. The lowest BCUT2D eigenvalue weighted by molar-refractivity contribution is 1.30. The van der Waals surface area contributed by atoms with Gasteiger partial charge < -0.3 is 4.90 Å². The average molecular weight is 674 g/mol. The molecule has 0 saturated heterocycles. The molecule has 0 unspecified atom stereocenters. The molecule has 0 aliphatic carbocycles. The summed E-state index contributed by atoms with van der Waals surface area (Å²) in [6.07, 6.45) is 0. The van der Waals surface area contributed by atoms with Crippen LogP contribution < -0.4 is 4.90 Å². The third-order valence-electron chi connectivity index (χ3n) is 10.6. The van der Waals surface area contributed by atoms with Crippen molar-refractivity contribution in [2.75, 3.05) is 4.90 Å². The molecular weight excluding hydrogens is 639 g/mol. The zero-order valence-electron chi connectivity index (χ0n) is 29.2. The summed E-state index contributed by atoms with van der Waals surface area (Å²) in [5.74, 6) is 0. The second-order valence-corrected chi connectivity index (χ2v) is 13.7. The van der Waals surface area contributed by atoms with Gasteiger partial charge in [-0.2, -0.15) is 0 Å². The molecule has 1 heteroatoms. The van der Waals surface area contributed by atoms with Crippen LogP contribution in [-0.2, 0) is 0 Å². The molecule has 248 valence electrons. The van der Waals surface area contributed by atoms with Gasteiger partial charge >= 0.3 is 0 Å². The molecule has 10 aromatic rings. The quantitative estimate of drug-likeness (QED) is 0.159. The Kier molecular flexibility index (Phi) is 7.55. The van der Waals surface area contributed by atoms with Crippen LogP contribution in [0, 0.1) is 0 Å². The summed E-state index contributed by atoms with van der Waals surface area (Å²) in [6, 6.07) is 77.3. The summed E-state index contributed by atoms with van der Waals surface area (Å²) >= 11 is 0. The van der Waals surface area contributed by atoms with E-state index < -0.39 is 0 Å². The lowest BCUT2D eigenvalue weighted by Gasteiger charge is -2.28. The zero-order chi connectivity index (χ0) is 35.1. The van der Waals surface area contributed by atoms with E-state index in [0.717, 1.165) is 17.1 Å². The number of hydrogen-bond donors (Lipinski definition) is 0. The largest absolute Gasteiger partial charge is 0.310 e. The molecule has 0 heterocycles. The van der Waals surface area contributed by atoms with E-state index in [2.05, 4.69) is 217 Å². The molecule has 1 nitrogen and oxygen atoms in total. The standard InChI is InChI=1S/C52H35N/c1-3-14-36(15-4-1)38-26-29-43(30-27-38)53(44-21-13-20-40(33-44)37-16-5-2-6-17-37)52-34-42(32-41-19-8-10-23-46(41)52)50-35-51-45-22-9-7-18-39(45)28-31-49(51)47-24-11-12-25-48(47)50/h1-35H. The van der Waals surface area contributed by atoms with Crippen LogP contribution in [0.3, 0.4) is 0 Å². The van der Waals surface area contributed by atoms with Crippen molar-refractivity contribution in [2.24, 2.45) is 0 Å². The van der Waals surface area contributed by atoms with Crippen molar-refractivity contribution in [3.63, 3.8) is 0 Å². The van der Waals surface area contributed by atoms with Gasteiger partial charge in [0.2, 0.25) is 0 Å². The van der Waals surface area contributed by atoms with Gasteiger partial charge in [0, 0.05) is 16.8 Å². The minimum absolute atomic E-state index is 1.10. The van der Waals surface area contributed by atoms with Gasteiger partial charge in [-0.25, -0.2) is 0 Å². The van der Waals surface area contributed by atoms with E-state index in [1.165, 1.54) is 76.5 Å². The highest BCUT2D eigenvalue weighted by Gasteiger charge is 2.19. The zero-order valence-corrected chi connectivity index (χ0v) is 29.2. The van der Waals surface area contributed by atoms with E-state index in [-0.39, 0.29) is 0 Å². The van der Waals surface area contributed by atoms with E-state index in [4.69, 9.17) is 0 Å². The Balaban J connectivity index is 1.24. The highest BCUT2D eigenvalue weighted by Crippen LogP contribution is 2.45. The summed E-state index contributed by atoms with van der Waals surface area (Å²) in [6.45, 7) is 0. The molecule has 0 aliphatic heterocycles. The lowest BCUT2D eigenvalue weighted by Crippen LogP contribution is -2.11. The maximum atomic E-state index is 2.44. The summed E-state index contributed by atoms with van der Waals surface area (Å²) in [4.78, 5) is 2.44. The molecule has 53 heavy (non-hydrogen) atoms. The molecule has 0 fully saturated rings. The Bertz CT molecular complexity index is 2930. The minimum Gasteiger partial charge on any atom is -0.310 e. The predicted octanol–water partition coefficient (Wildman–Crippen LogP) is 14.8. The molecule has 0 bridgehead atoms. The first-order valence-corrected chi connectivity index (χ1v) is 18.3. The van der Waals surface area contributed by atoms with E-state index in [1.54, 1.807) is 0 Å². The molecule has 10 aromatic carbocycles. The minimum atomic E-state index is 1.10. The fourth-order valence-electron chi connectivity index (χ4n) is 8.05. The van der Waals surface area contributed by atoms with Gasteiger partial charge in [0.25, 0.3) is 0 Å². The molecule has 0 aliphatic rings. The second-order valence-electron chi connectivity index (χ2n) is 13.7. The first-order valence-electron chi connectivity index (χ1n) is 18.3. The van der Waals surface area contributed by atoms with Gasteiger partial charge in [-0.1, -0.05) is 170 Å². The number of benzene rings is 10. The topological polar surface area (TPSA) is 3.24 Å². The second kappa shape index (κ2) is 13.0. The molecule has 0 saturated carbocycles. The van der Waals surface area contributed by atoms with Gasteiger partial charge in [-0.05, 0) is 114 Å². The molecule has 0 amide bonds. The van der Waals surface area contributed by atoms with Crippen molar-refractivity contribution in [1.29, 1.82) is 0 Å². The van der Waals surface area contributed by atoms with Crippen molar-refractivity contribution in [1.82, 2.24) is 0 Å². The van der Waals surface area contributed by atoms with Crippen LogP contribution >= 0.6 is 0 Å². The molecule has 0 N–H and O–H groups in total. The van der Waals surface area contributed by atoms with Crippen LogP contribution in [0.25, 0.3) is 76.5 Å². The van der Waals surface area contributed by atoms with Crippen LogP contribution in [0.2, 0.25) is 0 Å². The Hall–Kier alpha value is -6.96. The molecule has 0 radical (unpaired) electrons. The molecule has 0 spiro atoms. The third-order valence-corrected chi connectivity index (χ3v) is 10.6. The fourth-order valence-corrected chi connectivity index (χ4v) is 8.05. The highest BCUT2D eigenvalue weighted by molar-refractivity contribution is 6.21. The van der Waals surface area contributed by atoms with Gasteiger partial charge in [-0.3, -0.25) is 0 Å². The molecule has 0 atom stereocenters. The number of fused-ring (bicyclic) bond motifs is 6. The first-order chi connectivity index (χ1) is 26.3. The monoisotopic (exact) mass is 673 g/mol. The average Bonchev–Trinajstić information content (AvgIpc) is 3.24. The van der Waals surface area contributed by atoms with Crippen LogP contribution in [0.15, 0.2) is 212 Å². The van der Waals surface area contributed by atoms with Gasteiger partial charge in [0.1, 0.15) is 0 Å². The predicted molar refractivity (Wildman–Crippen MR) is 227 cm³/mol. The smallest absolute Gasteiger partial charge is 0.0546 e. The van der Waals surface area contributed by atoms with Crippen molar-refractivity contribution in [3.05, 3.63) is 212 Å². The van der Waals surface area contributed by atoms with Crippen LogP contribution in [-0.4, -0.2) is 0 Å². The number of rotatable bonds is 6. The number of hydrogen-bond acceptors (Lipinski definition) is 1. The maximum Gasteiger partial charge on any atom is 0.0546 e. The van der Waals surface area contributed by atoms with Gasteiger partial charge in [0.15, 0.2) is 0 Å². The Morgan fingerprint density at radius 2 is 0.811 bits per heavy atom. The van der Waals surface area contributed by atoms with Crippen molar-refractivity contribution in [2.45, 2.75) is 0 Å². The van der Waals surface area contributed by atoms with Gasteiger partial charge in [-0.15, -0.1) is 0 Å². The normalized spacial score (nSPS) is 11.4. The highest BCUT2D eigenvalue weighted by atomic mass is 15.1. The molecule has 0 aromatic heterocycles. The Labute approximate surface area is 309 Å². The molecular formula is C52H35N. The number of nitrogens with zero attached hydrogens (tertiary/aromatic N) is 1. The van der Waals surface area contributed by atoms with Gasteiger partial charge in [0.05, 0.1) is 5.69 Å². The lowest BCUT2D eigenvalue weighted by atomic mass is 9.89. The third kappa shape index (κ3) is 5.51. The summed E-state index contributed by atoms with van der Waals surface area (Å²) in [5, 5.41) is 10.00. The summed E-state index contributed by atoms with van der Waals surface area (Å²) in [7, 11) is 0. The van der Waals surface area contributed by atoms with E-state index >= 15 is 0 Å². The van der Waals surface area contributed by atoms with Crippen molar-refractivity contribution >= 4 is 60.2 Å². The fraction of sp³-hybridized carbons (Fsp3) is 0. The van der Waals surface area contributed by atoms with Crippen molar-refractivity contribution in [3.8, 4) is 33.4 Å². The maximum absolute atomic E-state index is 2.44. The first kappa shape index (κ1) is 30.8. The van der Waals surface area contributed by atoms with Crippen LogP contribution in [0.4, 0.5) is 17.1 Å². The van der Waals surface area contributed by atoms with Crippen LogP contribution in [0.1, 0.15) is 0 Å². The Morgan fingerprint density at radius 1 is 0.245 bits per heavy atom. The SMILES string of the molecule is c1ccc(-c2ccc(N(c3cccc(-c4ccccc4)c3)c3cc(-c4cc5c6ccccc6ccc5c5ccccc45)cc4ccccc34)cc2)cc1. The number of anilines is 3. The van der Waals surface area contributed by atoms with E-state index in [0.29, 0.717) is 0 Å². The van der Waals surface area contributed by atoms with Crippen molar-refractivity contribution < 1.29 is 0 Å². The van der Waals surface area contributed by atoms with E-state index in [1.807, 2.05) is 0 Å². The Morgan fingerprint density at radius 3 is 1.57 bits per heavy atom. The summed E-state index contributed by atoms with van der Waals surface area (Å²) in [5.41, 5.74) is 10.5. The molecule has 10 rings (SSSR count). The van der Waals surface area contributed by atoms with E-state index in [9.17, 15) is 0 Å².